The predicted molar refractivity (Wildman–Crippen MR) is 53.9 cm³/mol. The van der Waals surface area contributed by atoms with Crippen LogP contribution in [0.3, 0.4) is 0 Å². The van der Waals surface area contributed by atoms with Crippen molar-refractivity contribution in [3.8, 4) is 0 Å². The molecule has 1 aliphatic heterocycles. The number of aliphatic hydroxyl groups is 3. The smallest absolute Gasteiger partial charge is 0.109 e. The Morgan fingerprint density at radius 3 is 2.43 bits per heavy atom. The van der Waals surface area contributed by atoms with Gasteiger partial charge in [0.15, 0.2) is 0 Å². The number of hydrogen-bond donors (Lipinski definition) is 3. The molecular weight excluding hydrogens is 182 g/mol. The van der Waals surface area contributed by atoms with E-state index < -0.39 is 18.3 Å². The monoisotopic (exact) mass is 201 g/mol. The first-order valence-corrected chi connectivity index (χ1v) is 5.02. The largest absolute Gasteiger partial charge is 0.389 e. The van der Waals surface area contributed by atoms with Gasteiger partial charge in [-0.25, -0.2) is 0 Å². The summed E-state index contributed by atoms with van der Waals surface area (Å²) in [5.74, 6) is 0. The van der Waals surface area contributed by atoms with Crippen molar-refractivity contribution in [3.05, 3.63) is 12.2 Å². The molecule has 0 amide bonds. The van der Waals surface area contributed by atoms with E-state index in [-0.39, 0.29) is 6.04 Å². The molecule has 1 fully saturated rings. The molecule has 0 bridgehead atoms. The fourth-order valence-electron chi connectivity index (χ4n) is 1.89. The number of β-amino-alcohol motifs (C(OH)–C–C–N with tert-alkyl or cyclic N) is 1. The highest BCUT2D eigenvalue weighted by Gasteiger charge is 2.39. The molecule has 0 aromatic carbocycles. The van der Waals surface area contributed by atoms with Gasteiger partial charge in [-0.05, 0) is 13.5 Å². The molecule has 1 saturated heterocycles. The Morgan fingerprint density at radius 1 is 1.29 bits per heavy atom. The van der Waals surface area contributed by atoms with E-state index in [1.54, 1.807) is 0 Å². The van der Waals surface area contributed by atoms with Gasteiger partial charge in [-0.15, -0.1) is 0 Å². The zero-order chi connectivity index (χ0) is 10.7. The third-order valence-electron chi connectivity index (χ3n) is 2.73. The molecule has 3 N–H and O–H groups in total. The van der Waals surface area contributed by atoms with Crippen LogP contribution in [0.25, 0.3) is 0 Å². The molecule has 0 spiro atoms. The standard InChI is InChI=1S/C10H19NO3/c1-3-5-7-9(13)10(14)8(12)6-11(7)4-2/h3,5,7-10,12-14H,4,6H2,1-2H3/b5-3+/t7-,8-,9+,10+/m1/s1. The van der Waals surface area contributed by atoms with E-state index in [4.69, 9.17) is 0 Å². The molecule has 4 heteroatoms. The van der Waals surface area contributed by atoms with Gasteiger partial charge in [-0.1, -0.05) is 19.1 Å². The first kappa shape index (κ1) is 11.7. The minimum Gasteiger partial charge on any atom is -0.389 e. The molecule has 1 heterocycles. The first-order chi connectivity index (χ1) is 6.61. The first-order valence-electron chi connectivity index (χ1n) is 5.02. The maximum absolute atomic E-state index is 9.74. The van der Waals surface area contributed by atoms with Crippen LogP contribution in [0.5, 0.6) is 0 Å². The summed E-state index contributed by atoms with van der Waals surface area (Å²) in [6.07, 6.45) is 0.893. The van der Waals surface area contributed by atoms with Gasteiger partial charge in [0.25, 0.3) is 0 Å². The molecule has 0 unspecified atom stereocenters. The van der Waals surface area contributed by atoms with Crippen molar-refractivity contribution >= 4 is 0 Å². The van der Waals surface area contributed by atoms with E-state index in [9.17, 15) is 15.3 Å². The lowest BCUT2D eigenvalue weighted by Crippen LogP contribution is -2.60. The molecule has 0 saturated carbocycles. The van der Waals surface area contributed by atoms with Crippen LogP contribution in [0.1, 0.15) is 13.8 Å². The van der Waals surface area contributed by atoms with Crippen molar-refractivity contribution < 1.29 is 15.3 Å². The summed E-state index contributed by atoms with van der Waals surface area (Å²) in [7, 11) is 0. The maximum atomic E-state index is 9.74. The normalized spacial score (nSPS) is 40.6. The van der Waals surface area contributed by atoms with Gasteiger partial charge >= 0.3 is 0 Å². The van der Waals surface area contributed by atoms with E-state index in [1.165, 1.54) is 0 Å². The summed E-state index contributed by atoms with van der Waals surface area (Å²) in [5, 5.41) is 28.7. The fourth-order valence-corrected chi connectivity index (χ4v) is 1.89. The van der Waals surface area contributed by atoms with E-state index in [0.717, 1.165) is 6.54 Å². The Kier molecular flexibility index (Phi) is 4.07. The second-order valence-electron chi connectivity index (χ2n) is 3.65. The molecule has 1 aliphatic rings. The predicted octanol–water partition coefficient (Wildman–Crippen LogP) is -0.651. The van der Waals surface area contributed by atoms with Crippen LogP contribution in [0, 0.1) is 0 Å². The molecule has 4 nitrogen and oxygen atoms in total. The quantitative estimate of drug-likeness (QED) is 0.519. The topological polar surface area (TPSA) is 63.9 Å². The molecular formula is C10H19NO3. The van der Waals surface area contributed by atoms with Crippen molar-refractivity contribution in [1.29, 1.82) is 0 Å². The number of piperidine rings is 1. The molecule has 0 aliphatic carbocycles. The van der Waals surface area contributed by atoms with Crippen molar-refractivity contribution in [3.63, 3.8) is 0 Å². The van der Waals surface area contributed by atoms with Gasteiger partial charge < -0.3 is 15.3 Å². The highest BCUT2D eigenvalue weighted by Crippen LogP contribution is 2.19. The minimum absolute atomic E-state index is 0.191. The number of nitrogens with zero attached hydrogens (tertiary/aromatic N) is 1. The summed E-state index contributed by atoms with van der Waals surface area (Å²) in [6.45, 7) is 4.99. The van der Waals surface area contributed by atoms with Crippen LogP contribution in [-0.2, 0) is 0 Å². The Bertz CT molecular complexity index is 206. The average Bonchev–Trinajstić information content (AvgIpc) is 2.19. The summed E-state index contributed by atoms with van der Waals surface area (Å²) in [6, 6.07) is -0.191. The number of likely N-dealkylation sites (N-methyl/N-ethyl adjacent to an activating group) is 1. The Hall–Kier alpha value is -0.420. The van der Waals surface area contributed by atoms with Crippen molar-refractivity contribution in [2.45, 2.75) is 38.2 Å². The van der Waals surface area contributed by atoms with Gasteiger partial charge in [0.1, 0.15) is 12.2 Å². The van der Waals surface area contributed by atoms with Crippen LogP contribution in [-0.4, -0.2) is 57.7 Å². The lowest BCUT2D eigenvalue weighted by atomic mass is 9.93. The number of likely N-dealkylation sites (tertiary alicyclic amines) is 1. The third-order valence-corrected chi connectivity index (χ3v) is 2.73. The number of allylic oxidation sites excluding steroid dienone is 1. The highest BCUT2D eigenvalue weighted by atomic mass is 16.4. The van der Waals surface area contributed by atoms with E-state index in [1.807, 2.05) is 30.9 Å². The lowest BCUT2D eigenvalue weighted by molar-refractivity contribution is -0.125. The summed E-state index contributed by atoms with van der Waals surface area (Å²) >= 11 is 0. The van der Waals surface area contributed by atoms with E-state index >= 15 is 0 Å². The second kappa shape index (κ2) is 4.89. The molecule has 4 atom stereocenters. The summed E-state index contributed by atoms with van der Waals surface area (Å²) in [4.78, 5) is 1.95. The lowest BCUT2D eigenvalue weighted by Gasteiger charge is -2.42. The van der Waals surface area contributed by atoms with E-state index in [0.29, 0.717) is 6.54 Å². The fraction of sp³-hybridized carbons (Fsp3) is 0.800. The van der Waals surface area contributed by atoms with E-state index in [2.05, 4.69) is 0 Å². The van der Waals surface area contributed by atoms with Crippen LogP contribution >= 0.6 is 0 Å². The van der Waals surface area contributed by atoms with Gasteiger partial charge in [0.2, 0.25) is 0 Å². The molecule has 14 heavy (non-hydrogen) atoms. The second-order valence-corrected chi connectivity index (χ2v) is 3.65. The molecule has 0 aromatic heterocycles. The minimum atomic E-state index is -1.04. The van der Waals surface area contributed by atoms with Crippen molar-refractivity contribution in [2.24, 2.45) is 0 Å². The maximum Gasteiger partial charge on any atom is 0.109 e. The summed E-state index contributed by atoms with van der Waals surface area (Å²) < 4.78 is 0. The van der Waals surface area contributed by atoms with Gasteiger partial charge in [-0.3, -0.25) is 4.90 Å². The highest BCUT2D eigenvalue weighted by molar-refractivity contribution is 5.04. The third kappa shape index (κ3) is 2.15. The zero-order valence-corrected chi connectivity index (χ0v) is 8.67. The summed E-state index contributed by atoms with van der Waals surface area (Å²) in [5.41, 5.74) is 0. The molecule has 82 valence electrons. The number of rotatable bonds is 2. The number of aliphatic hydroxyl groups excluding tert-OH is 3. The Balaban J connectivity index is 2.77. The van der Waals surface area contributed by atoms with Crippen LogP contribution in [0.4, 0.5) is 0 Å². The zero-order valence-electron chi connectivity index (χ0n) is 8.67. The van der Waals surface area contributed by atoms with Gasteiger partial charge in [0.05, 0.1) is 12.1 Å². The molecule has 0 aromatic rings. The van der Waals surface area contributed by atoms with Crippen LogP contribution in [0.15, 0.2) is 12.2 Å². The van der Waals surface area contributed by atoms with Crippen LogP contribution in [0.2, 0.25) is 0 Å². The molecule has 0 radical (unpaired) electrons. The Morgan fingerprint density at radius 2 is 1.93 bits per heavy atom. The van der Waals surface area contributed by atoms with Gasteiger partial charge in [0, 0.05) is 6.54 Å². The van der Waals surface area contributed by atoms with Gasteiger partial charge in [-0.2, -0.15) is 0 Å². The van der Waals surface area contributed by atoms with Crippen molar-refractivity contribution in [1.82, 2.24) is 4.90 Å². The SMILES string of the molecule is C/C=C/[C@@H]1[C@H](O)[C@@H](O)[C@H](O)CN1CC. The van der Waals surface area contributed by atoms with Crippen molar-refractivity contribution in [2.75, 3.05) is 13.1 Å². The van der Waals surface area contributed by atoms with Crippen LogP contribution < -0.4 is 0 Å². The molecule has 1 rings (SSSR count). The Labute approximate surface area is 84.5 Å². The average molecular weight is 201 g/mol. The number of hydrogen-bond acceptors (Lipinski definition) is 4.